The first-order valence-corrected chi connectivity index (χ1v) is 21.5. The van der Waals surface area contributed by atoms with Gasteiger partial charge in [-0.2, -0.15) is 0 Å². The van der Waals surface area contributed by atoms with E-state index in [0.29, 0.717) is 0 Å². The molecule has 3 heteroatoms. The molecule has 63 heavy (non-hydrogen) atoms. The van der Waals surface area contributed by atoms with Gasteiger partial charge in [0.2, 0.25) is 0 Å². The Morgan fingerprint density at radius 3 is 1.60 bits per heavy atom. The largest absolute Gasteiger partial charge is 0.456 e. The summed E-state index contributed by atoms with van der Waals surface area (Å²) in [6.45, 7) is 0. The summed E-state index contributed by atoms with van der Waals surface area (Å²) in [5.41, 5.74) is 17.8. The number of aromatic nitrogens is 1. The van der Waals surface area contributed by atoms with E-state index in [0.717, 1.165) is 78.1 Å². The minimum absolute atomic E-state index is 0.879. The van der Waals surface area contributed by atoms with Gasteiger partial charge in [0.05, 0.1) is 11.0 Å². The lowest BCUT2D eigenvalue weighted by Gasteiger charge is -2.26. The van der Waals surface area contributed by atoms with E-state index < -0.39 is 0 Å². The smallest absolute Gasteiger partial charge is 0.136 e. The topological polar surface area (TPSA) is 21.3 Å². The molecule has 0 aliphatic rings. The van der Waals surface area contributed by atoms with Crippen molar-refractivity contribution in [3.05, 3.63) is 243 Å². The summed E-state index contributed by atoms with van der Waals surface area (Å²) >= 11 is 0. The van der Waals surface area contributed by atoms with Crippen LogP contribution in [0.25, 0.3) is 93.9 Å². The van der Waals surface area contributed by atoms with Gasteiger partial charge in [-0.25, -0.2) is 0 Å². The van der Waals surface area contributed by atoms with Crippen LogP contribution >= 0.6 is 0 Å². The second-order valence-electron chi connectivity index (χ2n) is 16.1. The Balaban J connectivity index is 1.01. The normalized spacial score (nSPS) is 11.5. The summed E-state index contributed by atoms with van der Waals surface area (Å²) in [6, 6.07) is 87.1. The molecule has 3 nitrogen and oxygen atoms in total. The van der Waals surface area contributed by atoms with Crippen LogP contribution in [0.15, 0.2) is 247 Å². The second-order valence-corrected chi connectivity index (χ2v) is 16.1. The van der Waals surface area contributed by atoms with E-state index in [1.54, 1.807) is 0 Å². The van der Waals surface area contributed by atoms with Gasteiger partial charge in [-0.1, -0.05) is 152 Å². The maximum Gasteiger partial charge on any atom is 0.136 e. The highest BCUT2D eigenvalue weighted by Crippen LogP contribution is 2.43. The van der Waals surface area contributed by atoms with E-state index in [4.69, 9.17) is 4.42 Å². The number of anilines is 3. The SMILES string of the molecule is c1ccc(-c2ccc(-n3c4ccccc4c4cc(-c5ccc(-c6cccc(N(c7ccccc7)c7ccccc7)c6)c(-c6ccc7c(c6)oc6ccccc67)c5)ccc43)cc2)cc1. The Bertz CT molecular complexity index is 3560. The summed E-state index contributed by atoms with van der Waals surface area (Å²) in [5, 5.41) is 4.69. The van der Waals surface area contributed by atoms with Crippen molar-refractivity contribution in [1.82, 2.24) is 4.57 Å². The van der Waals surface area contributed by atoms with Gasteiger partial charge in [-0.05, 0) is 136 Å². The second kappa shape index (κ2) is 15.3. The van der Waals surface area contributed by atoms with Gasteiger partial charge in [0, 0.05) is 44.3 Å². The van der Waals surface area contributed by atoms with E-state index >= 15 is 0 Å². The van der Waals surface area contributed by atoms with Crippen LogP contribution in [0, 0.1) is 0 Å². The minimum Gasteiger partial charge on any atom is -0.456 e. The third kappa shape index (κ3) is 6.46. The highest BCUT2D eigenvalue weighted by Gasteiger charge is 2.18. The molecule has 0 saturated carbocycles. The first-order chi connectivity index (χ1) is 31.2. The van der Waals surface area contributed by atoms with E-state index in [-0.39, 0.29) is 0 Å². The zero-order valence-electron chi connectivity index (χ0n) is 34.4. The van der Waals surface area contributed by atoms with Gasteiger partial charge in [0.25, 0.3) is 0 Å². The van der Waals surface area contributed by atoms with Crippen LogP contribution in [-0.2, 0) is 0 Å². The van der Waals surface area contributed by atoms with Gasteiger partial charge in [-0.3, -0.25) is 0 Å². The highest BCUT2D eigenvalue weighted by atomic mass is 16.3. The molecule has 0 N–H and O–H groups in total. The fraction of sp³-hybridized carbons (Fsp3) is 0. The molecule has 0 aliphatic carbocycles. The predicted molar refractivity (Wildman–Crippen MR) is 264 cm³/mol. The molecule has 0 bridgehead atoms. The van der Waals surface area contributed by atoms with Crippen LogP contribution in [0.1, 0.15) is 0 Å². The zero-order valence-corrected chi connectivity index (χ0v) is 34.4. The van der Waals surface area contributed by atoms with Crippen molar-refractivity contribution in [2.45, 2.75) is 0 Å². The number of hydrogen-bond acceptors (Lipinski definition) is 2. The number of furan rings is 1. The summed E-state index contributed by atoms with van der Waals surface area (Å²) < 4.78 is 8.86. The van der Waals surface area contributed by atoms with Crippen molar-refractivity contribution < 1.29 is 4.42 Å². The van der Waals surface area contributed by atoms with Gasteiger partial charge in [-0.15, -0.1) is 0 Å². The molecule has 0 amide bonds. The molecule has 2 heterocycles. The molecule has 2 aromatic heterocycles. The van der Waals surface area contributed by atoms with Crippen molar-refractivity contribution in [2.75, 3.05) is 4.90 Å². The zero-order chi connectivity index (χ0) is 41.7. The fourth-order valence-corrected chi connectivity index (χ4v) is 9.39. The maximum absolute atomic E-state index is 6.47. The Morgan fingerprint density at radius 2 is 0.825 bits per heavy atom. The first-order valence-electron chi connectivity index (χ1n) is 21.5. The van der Waals surface area contributed by atoms with Crippen molar-refractivity contribution in [1.29, 1.82) is 0 Å². The molecule has 0 spiro atoms. The number of fused-ring (bicyclic) bond motifs is 6. The van der Waals surface area contributed by atoms with E-state index in [2.05, 4.69) is 240 Å². The number of benzene rings is 10. The summed E-state index contributed by atoms with van der Waals surface area (Å²) in [6.07, 6.45) is 0. The molecular weight excluding hydrogens is 765 g/mol. The Kier molecular flexibility index (Phi) is 8.83. The third-order valence-electron chi connectivity index (χ3n) is 12.4. The first kappa shape index (κ1) is 36.5. The Hall–Kier alpha value is -8.40. The van der Waals surface area contributed by atoms with Gasteiger partial charge in [0.1, 0.15) is 11.2 Å². The molecular formula is C60H40N2O. The molecule has 12 aromatic rings. The maximum atomic E-state index is 6.47. The molecule has 12 rings (SSSR count). The summed E-state index contributed by atoms with van der Waals surface area (Å²) in [5.74, 6) is 0. The predicted octanol–water partition coefficient (Wildman–Crippen LogP) is 16.8. The van der Waals surface area contributed by atoms with E-state index in [1.165, 1.54) is 32.9 Å². The van der Waals surface area contributed by atoms with Crippen LogP contribution in [0.4, 0.5) is 17.1 Å². The number of rotatable bonds is 8. The minimum atomic E-state index is 0.879. The van der Waals surface area contributed by atoms with Crippen LogP contribution in [-0.4, -0.2) is 4.57 Å². The van der Waals surface area contributed by atoms with Crippen LogP contribution < -0.4 is 4.90 Å². The quantitative estimate of drug-likeness (QED) is 0.153. The van der Waals surface area contributed by atoms with Crippen molar-refractivity contribution in [3.8, 4) is 50.2 Å². The van der Waals surface area contributed by atoms with Crippen LogP contribution in [0.3, 0.4) is 0 Å². The lowest BCUT2D eigenvalue weighted by molar-refractivity contribution is 0.669. The average Bonchev–Trinajstić information content (AvgIpc) is 3.90. The molecule has 296 valence electrons. The average molecular weight is 805 g/mol. The van der Waals surface area contributed by atoms with Gasteiger partial charge >= 0.3 is 0 Å². The standard InChI is InChI=1S/C60H40N2O/c1-4-15-41(16-5-1)42-27-32-49(33-28-42)62-57-25-12-10-23-52(57)56-39-44(31-36-58(56)62)43-29-34-51(55(38-43)46-30-35-54-53-24-11-13-26-59(53)63-60(54)40-46)45-17-14-22-50(37-45)61(47-18-6-2-7-19-47)48-20-8-3-9-21-48/h1-40H. The van der Waals surface area contributed by atoms with E-state index in [1.807, 2.05) is 12.1 Å². The molecule has 0 radical (unpaired) electrons. The Morgan fingerprint density at radius 1 is 0.286 bits per heavy atom. The molecule has 0 saturated heterocycles. The molecule has 10 aromatic carbocycles. The van der Waals surface area contributed by atoms with Gasteiger partial charge in [0.15, 0.2) is 0 Å². The third-order valence-corrected chi connectivity index (χ3v) is 12.4. The van der Waals surface area contributed by atoms with Crippen LogP contribution in [0.5, 0.6) is 0 Å². The summed E-state index contributed by atoms with van der Waals surface area (Å²) in [4.78, 5) is 2.32. The molecule has 0 fully saturated rings. The van der Waals surface area contributed by atoms with Crippen molar-refractivity contribution >= 4 is 60.8 Å². The Labute approximate surface area is 366 Å². The van der Waals surface area contributed by atoms with Crippen LogP contribution in [0.2, 0.25) is 0 Å². The van der Waals surface area contributed by atoms with Gasteiger partial charge < -0.3 is 13.9 Å². The fourth-order valence-electron chi connectivity index (χ4n) is 9.39. The number of nitrogens with zero attached hydrogens (tertiary/aromatic N) is 2. The summed E-state index contributed by atoms with van der Waals surface area (Å²) in [7, 11) is 0. The van der Waals surface area contributed by atoms with E-state index in [9.17, 15) is 0 Å². The lowest BCUT2D eigenvalue weighted by atomic mass is 9.90. The van der Waals surface area contributed by atoms with Crippen molar-refractivity contribution in [3.63, 3.8) is 0 Å². The highest BCUT2D eigenvalue weighted by molar-refractivity contribution is 6.11. The molecule has 0 atom stereocenters. The number of hydrogen-bond donors (Lipinski definition) is 0. The monoisotopic (exact) mass is 804 g/mol. The lowest BCUT2D eigenvalue weighted by Crippen LogP contribution is -2.09. The van der Waals surface area contributed by atoms with Crippen molar-refractivity contribution in [2.24, 2.45) is 0 Å². The molecule has 0 aliphatic heterocycles. The number of para-hydroxylation sites is 4. The molecule has 0 unspecified atom stereocenters.